The van der Waals surface area contributed by atoms with Gasteiger partial charge < -0.3 is 14.6 Å². The first-order valence-electron chi connectivity index (χ1n) is 4.70. The maximum atomic E-state index is 9.07. The second-order valence-electron chi connectivity index (χ2n) is 2.98. The molecular weight excluding hydrogens is 180 g/mol. The van der Waals surface area contributed by atoms with Crippen molar-refractivity contribution in [2.45, 2.75) is 19.3 Å². The first kappa shape index (κ1) is 11.2. The largest absolute Gasteiger partial charge is 0.388 e. The molecule has 0 aromatic rings. The van der Waals surface area contributed by atoms with E-state index in [9.17, 15) is 0 Å². The lowest BCUT2D eigenvalue weighted by atomic mass is 10.3. The third-order valence-corrected chi connectivity index (χ3v) is 1.70. The van der Waals surface area contributed by atoms with Crippen LogP contribution in [0.2, 0.25) is 0 Å². The number of hydrogen-bond acceptors (Lipinski definition) is 3. The molecule has 1 rings (SSSR count). The van der Waals surface area contributed by atoms with Crippen LogP contribution in [0.5, 0.6) is 0 Å². The summed E-state index contributed by atoms with van der Waals surface area (Å²) in [5.74, 6) is 0. The van der Waals surface area contributed by atoms with Gasteiger partial charge in [-0.2, -0.15) is 0 Å². The fourth-order valence-electron chi connectivity index (χ4n) is 1.01. The van der Waals surface area contributed by atoms with Crippen molar-refractivity contribution >= 4 is 0 Å². The van der Waals surface area contributed by atoms with E-state index in [2.05, 4.69) is 0 Å². The van der Waals surface area contributed by atoms with E-state index in [0.717, 1.165) is 0 Å². The van der Waals surface area contributed by atoms with Gasteiger partial charge in [0.05, 0.1) is 13.2 Å². The molecule has 1 aliphatic heterocycles. The molecule has 0 aromatic carbocycles. The number of allylic oxidation sites excluding steroid dienone is 5. The van der Waals surface area contributed by atoms with Crippen molar-refractivity contribution in [1.82, 2.24) is 0 Å². The molecule has 0 saturated carbocycles. The van der Waals surface area contributed by atoms with Crippen LogP contribution >= 0.6 is 0 Å². The molecule has 0 radical (unpaired) electrons. The lowest BCUT2D eigenvalue weighted by Gasteiger charge is -2.24. The lowest BCUT2D eigenvalue weighted by Crippen LogP contribution is -2.34. The van der Waals surface area contributed by atoms with E-state index in [4.69, 9.17) is 14.6 Å². The Morgan fingerprint density at radius 2 is 1.71 bits per heavy atom. The highest BCUT2D eigenvalue weighted by Gasteiger charge is 2.17. The minimum Gasteiger partial charge on any atom is -0.388 e. The second kappa shape index (κ2) is 6.54. The molecule has 0 aromatic heterocycles. The fraction of sp³-hybridized carbons (Fsp3) is 0.455. The maximum Gasteiger partial charge on any atom is 0.177 e. The highest BCUT2D eigenvalue weighted by Crippen LogP contribution is 2.06. The molecule has 3 heteroatoms. The Kier molecular flexibility index (Phi) is 5.22. The number of aliphatic hydroxyl groups excluding tert-OH is 1. The van der Waals surface area contributed by atoms with Gasteiger partial charge in [0.1, 0.15) is 6.10 Å². The summed E-state index contributed by atoms with van der Waals surface area (Å²) >= 11 is 0. The van der Waals surface area contributed by atoms with Crippen molar-refractivity contribution in [3.05, 3.63) is 36.5 Å². The molecule has 1 aliphatic rings. The van der Waals surface area contributed by atoms with Crippen LogP contribution in [0, 0.1) is 0 Å². The SMILES string of the molecule is C\C=C/C=C\C=C\C1OCC(O)CO1. The van der Waals surface area contributed by atoms with Gasteiger partial charge in [0, 0.05) is 0 Å². The average Bonchev–Trinajstić information content (AvgIpc) is 2.21. The predicted molar refractivity (Wildman–Crippen MR) is 54.8 cm³/mol. The van der Waals surface area contributed by atoms with Gasteiger partial charge in [-0.1, -0.05) is 30.4 Å². The molecule has 78 valence electrons. The van der Waals surface area contributed by atoms with Crippen molar-refractivity contribution in [2.75, 3.05) is 13.2 Å². The fourth-order valence-corrected chi connectivity index (χ4v) is 1.01. The monoisotopic (exact) mass is 196 g/mol. The number of aliphatic hydroxyl groups is 1. The van der Waals surface area contributed by atoms with Gasteiger partial charge in [0.15, 0.2) is 6.29 Å². The van der Waals surface area contributed by atoms with Gasteiger partial charge in [-0.25, -0.2) is 0 Å². The van der Waals surface area contributed by atoms with Crippen molar-refractivity contribution in [3.8, 4) is 0 Å². The Morgan fingerprint density at radius 3 is 2.36 bits per heavy atom. The van der Waals surface area contributed by atoms with Crippen LogP contribution < -0.4 is 0 Å². The Labute approximate surface area is 84.3 Å². The molecule has 0 spiro atoms. The van der Waals surface area contributed by atoms with Crippen molar-refractivity contribution in [2.24, 2.45) is 0 Å². The third-order valence-electron chi connectivity index (χ3n) is 1.70. The molecule has 1 N–H and O–H groups in total. The molecule has 0 atom stereocenters. The van der Waals surface area contributed by atoms with Crippen LogP contribution in [0.4, 0.5) is 0 Å². The molecule has 0 unspecified atom stereocenters. The molecular formula is C11H16O3. The summed E-state index contributed by atoms with van der Waals surface area (Å²) in [4.78, 5) is 0. The van der Waals surface area contributed by atoms with Crippen molar-refractivity contribution in [3.63, 3.8) is 0 Å². The summed E-state index contributed by atoms with van der Waals surface area (Å²) in [6, 6.07) is 0. The number of hydrogen-bond donors (Lipinski definition) is 1. The summed E-state index contributed by atoms with van der Waals surface area (Å²) in [5, 5.41) is 9.07. The van der Waals surface area contributed by atoms with Crippen molar-refractivity contribution in [1.29, 1.82) is 0 Å². The molecule has 14 heavy (non-hydrogen) atoms. The van der Waals surface area contributed by atoms with Gasteiger partial charge in [0.25, 0.3) is 0 Å². The molecule has 0 bridgehead atoms. The minimum atomic E-state index is -0.488. The summed E-state index contributed by atoms with van der Waals surface area (Å²) in [6.07, 6.45) is 10.6. The van der Waals surface area contributed by atoms with E-state index in [1.54, 1.807) is 0 Å². The van der Waals surface area contributed by atoms with Gasteiger partial charge in [0.2, 0.25) is 0 Å². The summed E-state index contributed by atoms with van der Waals surface area (Å²) in [6.45, 7) is 2.64. The molecule has 0 aliphatic carbocycles. The zero-order valence-corrected chi connectivity index (χ0v) is 8.30. The van der Waals surface area contributed by atoms with Gasteiger partial charge >= 0.3 is 0 Å². The van der Waals surface area contributed by atoms with Gasteiger partial charge in [-0.05, 0) is 13.0 Å². The average molecular weight is 196 g/mol. The standard InChI is InChI=1S/C11H16O3/c1-2-3-4-5-6-7-11-13-8-10(12)9-14-11/h2-7,10-12H,8-9H2,1H3/b3-2-,5-4-,7-6+. The van der Waals surface area contributed by atoms with E-state index < -0.39 is 6.10 Å². The third kappa shape index (κ3) is 4.37. The first-order valence-corrected chi connectivity index (χ1v) is 4.70. The Bertz CT molecular complexity index is 223. The van der Waals surface area contributed by atoms with Gasteiger partial charge in [-0.3, -0.25) is 0 Å². The van der Waals surface area contributed by atoms with Crippen LogP contribution in [-0.2, 0) is 9.47 Å². The van der Waals surface area contributed by atoms with E-state index in [0.29, 0.717) is 13.2 Å². The van der Waals surface area contributed by atoms with Crippen molar-refractivity contribution < 1.29 is 14.6 Å². The molecule has 3 nitrogen and oxygen atoms in total. The molecule has 1 heterocycles. The van der Waals surface area contributed by atoms with Crippen LogP contribution in [-0.4, -0.2) is 30.7 Å². The highest BCUT2D eigenvalue weighted by molar-refractivity contribution is 5.11. The van der Waals surface area contributed by atoms with E-state index in [1.807, 2.05) is 43.4 Å². The molecule has 1 fully saturated rings. The first-order chi connectivity index (χ1) is 6.83. The normalized spacial score (nSPS) is 29.6. The zero-order chi connectivity index (χ0) is 10.2. The van der Waals surface area contributed by atoms with Crippen LogP contribution in [0.25, 0.3) is 0 Å². The summed E-state index contributed by atoms with van der Waals surface area (Å²) in [7, 11) is 0. The van der Waals surface area contributed by atoms with E-state index >= 15 is 0 Å². The van der Waals surface area contributed by atoms with Gasteiger partial charge in [-0.15, -0.1) is 0 Å². The number of ether oxygens (including phenoxy) is 2. The highest BCUT2D eigenvalue weighted by atomic mass is 16.7. The quantitative estimate of drug-likeness (QED) is 0.693. The smallest absolute Gasteiger partial charge is 0.177 e. The van der Waals surface area contributed by atoms with E-state index in [1.165, 1.54) is 0 Å². The molecule has 1 saturated heterocycles. The zero-order valence-electron chi connectivity index (χ0n) is 8.30. The Morgan fingerprint density at radius 1 is 1.07 bits per heavy atom. The van der Waals surface area contributed by atoms with Crippen LogP contribution in [0.15, 0.2) is 36.5 Å². The lowest BCUT2D eigenvalue weighted by molar-refractivity contribution is -0.192. The van der Waals surface area contributed by atoms with E-state index in [-0.39, 0.29) is 6.29 Å². The predicted octanol–water partition coefficient (Wildman–Crippen LogP) is 1.41. The maximum absolute atomic E-state index is 9.07. The van der Waals surface area contributed by atoms with Crippen LogP contribution in [0.1, 0.15) is 6.92 Å². The Hall–Kier alpha value is -0.900. The summed E-state index contributed by atoms with van der Waals surface area (Å²) < 4.78 is 10.4. The summed E-state index contributed by atoms with van der Waals surface area (Å²) in [5.41, 5.74) is 0. The second-order valence-corrected chi connectivity index (χ2v) is 2.98. The minimum absolute atomic E-state index is 0.325. The van der Waals surface area contributed by atoms with Crippen LogP contribution in [0.3, 0.4) is 0 Å². The Balaban J connectivity index is 2.23. The topological polar surface area (TPSA) is 38.7 Å². The molecule has 0 amide bonds. The number of rotatable bonds is 3.